The number of aromatic nitrogens is 4. The highest BCUT2D eigenvalue weighted by Crippen LogP contribution is 2.40. The van der Waals surface area contributed by atoms with Crippen LogP contribution in [-0.4, -0.2) is 58.2 Å². The zero-order valence-electron chi connectivity index (χ0n) is 17.9. The Hall–Kier alpha value is -2.07. The van der Waals surface area contributed by atoms with Gasteiger partial charge in [-0.25, -0.2) is 14.8 Å². The maximum atomic E-state index is 12.6. The number of nitrogens with two attached hydrogens (primary N) is 1. The van der Waals surface area contributed by atoms with Gasteiger partial charge in [0.1, 0.15) is 11.1 Å². The molecule has 12 heteroatoms. The van der Waals surface area contributed by atoms with Gasteiger partial charge in [-0.05, 0) is 40.0 Å². The van der Waals surface area contributed by atoms with Crippen LogP contribution in [0.25, 0.3) is 11.2 Å². The van der Waals surface area contributed by atoms with E-state index in [4.69, 9.17) is 10.5 Å². The Morgan fingerprint density at radius 3 is 2.37 bits per heavy atom. The molecule has 0 saturated heterocycles. The normalized spacial score (nSPS) is 14.1. The number of anilines is 1. The molecule has 0 amide bonds. The lowest BCUT2D eigenvalue weighted by Gasteiger charge is -2.38. The minimum Gasteiger partial charge on any atom is -0.455 e. The molecular weight excluding hydrogens is 413 g/mol. The molecule has 168 valence electrons. The van der Waals surface area contributed by atoms with Gasteiger partial charge in [-0.15, -0.1) is 0 Å². The highest BCUT2D eigenvalue weighted by molar-refractivity contribution is 7.51. The number of hydrogen-bond acceptors (Lipinski definition) is 8. The summed E-state index contributed by atoms with van der Waals surface area (Å²) < 4.78 is 18.3. The minimum absolute atomic E-state index is 0.0861. The second-order valence-electron chi connectivity index (χ2n) is 8.22. The van der Waals surface area contributed by atoms with E-state index in [-0.39, 0.29) is 29.2 Å². The van der Waals surface area contributed by atoms with Crippen molar-refractivity contribution in [2.75, 3.05) is 11.9 Å². The van der Waals surface area contributed by atoms with E-state index in [1.807, 2.05) is 13.8 Å². The van der Waals surface area contributed by atoms with Gasteiger partial charge in [0.25, 0.3) is 0 Å². The molecule has 2 heterocycles. The third-order valence-electron chi connectivity index (χ3n) is 5.02. The summed E-state index contributed by atoms with van der Waals surface area (Å²) in [6.07, 6.45) is 0.596. The second kappa shape index (κ2) is 8.58. The van der Waals surface area contributed by atoms with E-state index in [0.717, 1.165) is 0 Å². The van der Waals surface area contributed by atoms with Crippen molar-refractivity contribution in [2.24, 2.45) is 0 Å². The number of aliphatic hydroxyl groups excluding tert-OH is 1. The summed E-state index contributed by atoms with van der Waals surface area (Å²) in [5.41, 5.74) is 4.45. The van der Waals surface area contributed by atoms with E-state index in [9.17, 15) is 24.3 Å². The number of carbonyl (C=O) groups excluding carboxylic acids is 1. The van der Waals surface area contributed by atoms with Crippen molar-refractivity contribution in [1.29, 1.82) is 0 Å². The van der Waals surface area contributed by atoms with E-state index in [1.54, 1.807) is 25.3 Å². The first-order valence-electron chi connectivity index (χ1n) is 9.71. The molecule has 2 aromatic rings. The molecule has 0 unspecified atom stereocenters. The van der Waals surface area contributed by atoms with Gasteiger partial charge >= 0.3 is 13.6 Å². The molecule has 0 bridgehead atoms. The Morgan fingerprint density at radius 2 is 1.87 bits per heavy atom. The number of imidazole rings is 1. The molecule has 0 saturated carbocycles. The lowest BCUT2D eigenvalue weighted by atomic mass is 9.84. The SMILES string of the molecule is CCC(CC)([C@@H](O)CCP(=O)(O)O)n1cnc2c(C(=O)OC(C)(C)C)nc(N)nc21. The number of carbonyl (C=O) groups is 1. The second-order valence-corrected chi connectivity index (χ2v) is 10.00. The standard InChI is InChI=1S/C18H30N5O6P/c1-6-18(7-2,11(24)8-9-30(26,27)28)23-10-20-12-13(15(25)29-17(3,4)5)21-16(19)22-14(12)23/h10-11,24H,6-9H2,1-5H3,(H2,19,21,22)(H2,26,27,28)/t11-/m0/s1. The summed E-state index contributed by atoms with van der Waals surface area (Å²) in [7, 11) is -4.28. The Balaban J connectivity index is 2.59. The molecule has 11 nitrogen and oxygen atoms in total. The van der Waals surface area contributed by atoms with Gasteiger partial charge in [-0.2, -0.15) is 4.98 Å². The quantitative estimate of drug-likeness (QED) is 0.348. The van der Waals surface area contributed by atoms with Crippen molar-refractivity contribution in [3.63, 3.8) is 0 Å². The number of nitrogens with zero attached hydrogens (tertiary/aromatic N) is 4. The molecule has 0 spiro atoms. The van der Waals surface area contributed by atoms with E-state index >= 15 is 0 Å². The fourth-order valence-corrected chi connectivity index (χ4v) is 4.07. The predicted molar refractivity (Wildman–Crippen MR) is 111 cm³/mol. The smallest absolute Gasteiger partial charge is 0.360 e. The molecule has 0 radical (unpaired) electrons. The Bertz CT molecular complexity index is 960. The van der Waals surface area contributed by atoms with Gasteiger partial charge in [-0.3, -0.25) is 4.57 Å². The lowest BCUT2D eigenvalue weighted by molar-refractivity contribution is 0.00650. The number of hydrogen-bond donors (Lipinski definition) is 4. The number of fused-ring (bicyclic) bond motifs is 1. The third-order valence-corrected chi connectivity index (χ3v) is 5.86. The molecule has 0 aliphatic carbocycles. The van der Waals surface area contributed by atoms with Crippen LogP contribution in [0.1, 0.15) is 64.4 Å². The molecule has 0 aliphatic rings. The molecular formula is C18H30N5O6P. The average molecular weight is 443 g/mol. The van der Waals surface area contributed by atoms with Crippen LogP contribution in [0.5, 0.6) is 0 Å². The topological polar surface area (TPSA) is 174 Å². The molecule has 0 fully saturated rings. The van der Waals surface area contributed by atoms with Crippen LogP contribution in [0.3, 0.4) is 0 Å². The Morgan fingerprint density at radius 1 is 1.27 bits per heavy atom. The van der Waals surface area contributed by atoms with Crippen molar-refractivity contribution in [3.8, 4) is 0 Å². The molecule has 2 aromatic heterocycles. The zero-order chi connectivity index (χ0) is 22.9. The third kappa shape index (κ3) is 5.15. The monoisotopic (exact) mass is 443 g/mol. The summed E-state index contributed by atoms with van der Waals surface area (Å²) in [4.78, 5) is 43.5. The van der Waals surface area contributed by atoms with Crippen LogP contribution in [0.2, 0.25) is 0 Å². The first-order valence-corrected chi connectivity index (χ1v) is 11.5. The number of nitrogen functional groups attached to an aromatic ring is 1. The minimum atomic E-state index is -4.28. The van der Waals surface area contributed by atoms with Gasteiger partial charge in [0, 0.05) is 0 Å². The number of esters is 1. The van der Waals surface area contributed by atoms with Crippen LogP contribution in [-0.2, 0) is 14.8 Å². The summed E-state index contributed by atoms with van der Waals surface area (Å²) in [6, 6.07) is 0. The average Bonchev–Trinajstić information content (AvgIpc) is 3.03. The number of aliphatic hydroxyl groups is 1. The van der Waals surface area contributed by atoms with Crippen LogP contribution in [0.15, 0.2) is 6.33 Å². The fraction of sp³-hybridized carbons (Fsp3) is 0.667. The molecule has 0 aliphatic heterocycles. The molecule has 0 aromatic carbocycles. The van der Waals surface area contributed by atoms with Crippen LogP contribution in [0, 0.1) is 0 Å². The largest absolute Gasteiger partial charge is 0.455 e. The van der Waals surface area contributed by atoms with Gasteiger partial charge in [0.15, 0.2) is 11.3 Å². The first kappa shape index (κ1) is 24.2. The van der Waals surface area contributed by atoms with Crippen LogP contribution >= 0.6 is 7.60 Å². The summed E-state index contributed by atoms with van der Waals surface area (Å²) in [5, 5.41) is 10.9. The molecule has 1 atom stereocenters. The van der Waals surface area contributed by atoms with Gasteiger partial charge in [-0.1, -0.05) is 13.8 Å². The Kier molecular flexibility index (Phi) is 6.92. The lowest BCUT2D eigenvalue weighted by Crippen LogP contribution is -2.44. The zero-order valence-corrected chi connectivity index (χ0v) is 18.8. The van der Waals surface area contributed by atoms with E-state index in [2.05, 4.69) is 15.0 Å². The summed E-state index contributed by atoms with van der Waals surface area (Å²) >= 11 is 0. The number of rotatable bonds is 8. The van der Waals surface area contributed by atoms with E-state index in [0.29, 0.717) is 12.8 Å². The maximum Gasteiger partial charge on any atom is 0.360 e. The Labute approximate surface area is 174 Å². The van der Waals surface area contributed by atoms with Crippen LogP contribution < -0.4 is 5.73 Å². The first-order chi connectivity index (χ1) is 13.7. The van der Waals surface area contributed by atoms with Crippen molar-refractivity contribution in [3.05, 3.63) is 12.0 Å². The molecule has 30 heavy (non-hydrogen) atoms. The van der Waals surface area contributed by atoms with E-state index in [1.165, 1.54) is 6.33 Å². The van der Waals surface area contributed by atoms with Crippen LogP contribution in [0.4, 0.5) is 5.95 Å². The molecule has 5 N–H and O–H groups in total. The van der Waals surface area contributed by atoms with Gasteiger partial charge < -0.3 is 29.9 Å². The highest BCUT2D eigenvalue weighted by Gasteiger charge is 2.39. The van der Waals surface area contributed by atoms with Gasteiger partial charge in [0.2, 0.25) is 5.95 Å². The maximum absolute atomic E-state index is 12.6. The van der Waals surface area contributed by atoms with E-state index < -0.39 is 37.0 Å². The number of ether oxygens (including phenoxy) is 1. The predicted octanol–water partition coefficient (Wildman–Crippen LogP) is 1.81. The fourth-order valence-electron chi connectivity index (χ4n) is 3.49. The summed E-state index contributed by atoms with van der Waals surface area (Å²) in [5.74, 6) is -0.858. The van der Waals surface area contributed by atoms with Gasteiger partial charge in [0.05, 0.1) is 24.1 Å². The van der Waals surface area contributed by atoms with Crippen molar-refractivity contribution >= 4 is 30.7 Å². The van der Waals surface area contributed by atoms with Crippen molar-refractivity contribution in [1.82, 2.24) is 19.5 Å². The highest BCUT2D eigenvalue weighted by atomic mass is 31.2. The molecule has 2 rings (SSSR count). The van der Waals surface area contributed by atoms with Crippen molar-refractivity contribution < 1.29 is 29.0 Å². The summed E-state index contributed by atoms with van der Waals surface area (Å²) in [6.45, 7) is 8.86. The van der Waals surface area contributed by atoms with Crippen molar-refractivity contribution in [2.45, 2.75) is 71.1 Å².